The summed E-state index contributed by atoms with van der Waals surface area (Å²) in [7, 11) is 0. The van der Waals surface area contributed by atoms with Gasteiger partial charge in [0.2, 0.25) is 0 Å². The molecular formula is C14H15N3O4. The van der Waals surface area contributed by atoms with Gasteiger partial charge in [0.05, 0.1) is 6.42 Å². The molecule has 1 saturated carbocycles. The van der Waals surface area contributed by atoms with Crippen LogP contribution in [0.4, 0.5) is 10.5 Å². The maximum absolute atomic E-state index is 11.6. The fourth-order valence-corrected chi connectivity index (χ4v) is 1.98. The van der Waals surface area contributed by atoms with Gasteiger partial charge < -0.3 is 20.2 Å². The minimum absolute atomic E-state index is 0.0809. The number of hydrogen-bond acceptors (Lipinski definition) is 4. The Labute approximate surface area is 120 Å². The van der Waals surface area contributed by atoms with E-state index in [1.165, 1.54) is 0 Å². The van der Waals surface area contributed by atoms with Gasteiger partial charge in [-0.15, -0.1) is 0 Å². The fourth-order valence-electron chi connectivity index (χ4n) is 1.98. The minimum atomic E-state index is -0.953. The molecule has 1 fully saturated rings. The number of rotatable bonds is 5. The molecule has 0 unspecified atom stereocenters. The summed E-state index contributed by atoms with van der Waals surface area (Å²) in [4.78, 5) is 26.4. The van der Waals surface area contributed by atoms with Gasteiger partial charge in [-0.2, -0.15) is 0 Å². The van der Waals surface area contributed by atoms with Gasteiger partial charge in [0.1, 0.15) is 5.52 Å². The molecule has 2 aromatic rings. The lowest BCUT2D eigenvalue weighted by atomic mass is 10.3. The van der Waals surface area contributed by atoms with E-state index in [4.69, 9.17) is 9.52 Å². The molecule has 0 saturated heterocycles. The van der Waals surface area contributed by atoms with E-state index in [1.54, 1.807) is 18.2 Å². The number of urea groups is 1. The Hall–Kier alpha value is -2.57. The maximum Gasteiger partial charge on any atom is 0.319 e. The quantitative estimate of drug-likeness (QED) is 0.783. The number of aliphatic carboxylic acids is 1. The number of benzene rings is 1. The number of amides is 2. The third-order valence-corrected chi connectivity index (χ3v) is 3.21. The van der Waals surface area contributed by atoms with E-state index in [0.717, 1.165) is 24.2 Å². The molecule has 21 heavy (non-hydrogen) atoms. The van der Waals surface area contributed by atoms with Crippen molar-refractivity contribution in [2.45, 2.75) is 25.2 Å². The number of carboxylic acid groups (broad SMARTS) is 1. The van der Waals surface area contributed by atoms with Crippen molar-refractivity contribution < 1.29 is 19.1 Å². The second-order valence-electron chi connectivity index (χ2n) is 5.03. The van der Waals surface area contributed by atoms with Crippen LogP contribution in [0.2, 0.25) is 0 Å². The first-order valence-electron chi connectivity index (χ1n) is 6.79. The zero-order chi connectivity index (χ0) is 14.8. The van der Waals surface area contributed by atoms with Gasteiger partial charge in [-0.3, -0.25) is 4.79 Å². The number of hydrogen-bond donors (Lipinski definition) is 3. The van der Waals surface area contributed by atoms with Crippen LogP contribution in [0.3, 0.4) is 0 Å². The van der Waals surface area contributed by atoms with Crippen molar-refractivity contribution in [1.29, 1.82) is 0 Å². The molecule has 1 aliphatic rings. The summed E-state index contributed by atoms with van der Waals surface area (Å²) < 4.78 is 5.67. The smallest absolute Gasteiger partial charge is 0.319 e. The predicted octanol–water partition coefficient (Wildman–Crippen LogP) is 2.30. The molecule has 2 amide bonds. The second kappa shape index (κ2) is 5.43. The van der Waals surface area contributed by atoms with Crippen molar-refractivity contribution in [2.75, 3.05) is 11.9 Å². The largest absolute Gasteiger partial charge is 0.481 e. The number of nitrogens with one attached hydrogen (secondary N) is 2. The number of carbonyl (C=O) groups excluding carboxylic acids is 1. The van der Waals surface area contributed by atoms with E-state index >= 15 is 0 Å². The summed E-state index contributed by atoms with van der Waals surface area (Å²) >= 11 is 0. The zero-order valence-corrected chi connectivity index (χ0v) is 11.3. The van der Waals surface area contributed by atoms with E-state index in [9.17, 15) is 9.59 Å². The Morgan fingerprint density at radius 2 is 2.19 bits per heavy atom. The minimum Gasteiger partial charge on any atom is -0.481 e. The number of carbonyl (C=O) groups is 2. The normalized spacial score (nSPS) is 14.1. The number of fused-ring (bicyclic) bond motifs is 1. The van der Waals surface area contributed by atoms with Crippen molar-refractivity contribution in [1.82, 2.24) is 10.3 Å². The molecule has 0 spiro atoms. The number of aromatic nitrogens is 1. The van der Waals surface area contributed by atoms with Crippen LogP contribution >= 0.6 is 0 Å². The number of carboxylic acids is 1. The van der Waals surface area contributed by atoms with Gasteiger partial charge in [-0.1, -0.05) is 0 Å². The van der Waals surface area contributed by atoms with Gasteiger partial charge in [-0.25, -0.2) is 9.78 Å². The second-order valence-corrected chi connectivity index (χ2v) is 5.03. The highest BCUT2D eigenvalue weighted by atomic mass is 16.4. The predicted molar refractivity (Wildman–Crippen MR) is 75.3 cm³/mol. The van der Waals surface area contributed by atoms with Crippen LogP contribution in [0.25, 0.3) is 11.1 Å². The molecule has 1 aromatic heterocycles. The van der Waals surface area contributed by atoms with Crippen LogP contribution in [-0.4, -0.2) is 28.6 Å². The average molecular weight is 289 g/mol. The summed E-state index contributed by atoms with van der Waals surface area (Å²) in [5.74, 6) is 0.243. The Bertz CT molecular complexity index is 691. The Morgan fingerprint density at radius 3 is 2.90 bits per heavy atom. The van der Waals surface area contributed by atoms with Crippen LogP contribution in [0, 0.1) is 0 Å². The average Bonchev–Trinajstić information content (AvgIpc) is 3.18. The van der Waals surface area contributed by atoms with Crippen LogP contribution in [0.1, 0.15) is 31.1 Å². The van der Waals surface area contributed by atoms with Crippen LogP contribution in [0.5, 0.6) is 0 Å². The summed E-state index contributed by atoms with van der Waals surface area (Å²) in [6, 6.07) is 4.79. The molecule has 0 radical (unpaired) electrons. The Morgan fingerprint density at radius 1 is 1.38 bits per heavy atom. The molecular weight excluding hydrogens is 274 g/mol. The van der Waals surface area contributed by atoms with Crippen molar-refractivity contribution in [3.8, 4) is 0 Å². The molecule has 0 aliphatic heterocycles. The van der Waals surface area contributed by atoms with Gasteiger partial charge in [0.15, 0.2) is 11.5 Å². The van der Waals surface area contributed by atoms with E-state index in [-0.39, 0.29) is 13.0 Å². The first-order chi connectivity index (χ1) is 10.1. The van der Waals surface area contributed by atoms with Crippen molar-refractivity contribution in [3.05, 3.63) is 24.1 Å². The SMILES string of the molecule is O=C(O)CCNC(=O)Nc1ccc2nc(C3CC3)oc2c1. The highest BCUT2D eigenvalue weighted by Crippen LogP contribution is 2.40. The Kier molecular flexibility index (Phi) is 3.47. The van der Waals surface area contributed by atoms with E-state index in [0.29, 0.717) is 17.2 Å². The van der Waals surface area contributed by atoms with Gasteiger partial charge in [0, 0.05) is 24.2 Å². The molecule has 3 N–H and O–H groups in total. The molecule has 7 nitrogen and oxygen atoms in total. The lowest BCUT2D eigenvalue weighted by molar-refractivity contribution is -0.136. The molecule has 7 heteroatoms. The number of anilines is 1. The summed E-state index contributed by atoms with van der Waals surface area (Å²) in [6.45, 7) is 0.0809. The van der Waals surface area contributed by atoms with E-state index < -0.39 is 12.0 Å². The monoisotopic (exact) mass is 289 g/mol. The van der Waals surface area contributed by atoms with Crippen LogP contribution in [-0.2, 0) is 4.79 Å². The highest BCUT2D eigenvalue weighted by molar-refractivity contribution is 5.91. The lowest BCUT2D eigenvalue weighted by Gasteiger charge is -2.06. The third-order valence-electron chi connectivity index (χ3n) is 3.21. The standard InChI is InChI=1S/C14H15N3O4/c18-12(19)5-6-15-14(20)16-9-3-4-10-11(7-9)21-13(17-10)8-1-2-8/h3-4,7-8H,1-2,5-6H2,(H,18,19)(H2,15,16,20). The van der Waals surface area contributed by atoms with Crippen molar-refractivity contribution in [2.24, 2.45) is 0 Å². The fraction of sp³-hybridized carbons (Fsp3) is 0.357. The zero-order valence-electron chi connectivity index (χ0n) is 11.3. The third kappa shape index (κ3) is 3.31. The highest BCUT2D eigenvalue weighted by Gasteiger charge is 2.28. The molecule has 110 valence electrons. The van der Waals surface area contributed by atoms with E-state index in [2.05, 4.69) is 15.6 Å². The summed E-state index contributed by atoms with van der Waals surface area (Å²) in [5.41, 5.74) is 1.99. The van der Waals surface area contributed by atoms with Crippen LogP contribution < -0.4 is 10.6 Å². The van der Waals surface area contributed by atoms with Gasteiger partial charge in [0.25, 0.3) is 0 Å². The first kappa shape index (κ1) is 13.4. The lowest BCUT2D eigenvalue weighted by Crippen LogP contribution is -2.30. The summed E-state index contributed by atoms with van der Waals surface area (Å²) in [5, 5.41) is 13.6. The number of oxazole rings is 1. The maximum atomic E-state index is 11.6. The van der Waals surface area contributed by atoms with E-state index in [1.807, 2.05) is 0 Å². The molecule has 0 atom stereocenters. The molecule has 1 heterocycles. The van der Waals surface area contributed by atoms with Gasteiger partial charge in [-0.05, 0) is 25.0 Å². The molecule has 1 aromatic carbocycles. The van der Waals surface area contributed by atoms with Gasteiger partial charge >= 0.3 is 12.0 Å². The van der Waals surface area contributed by atoms with Crippen molar-refractivity contribution >= 4 is 28.8 Å². The molecule has 1 aliphatic carbocycles. The first-order valence-corrected chi connectivity index (χ1v) is 6.79. The molecule has 0 bridgehead atoms. The van der Waals surface area contributed by atoms with Crippen molar-refractivity contribution in [3.63, 3.8) is 0 Å². The number of nitrogens with zero attached hydrogens (tertiary/aromatic N) is 1. The molecule has 3 rings (SSSR count). The Balaban J connectivity index is 1.63. The summed E-state index contributed by atoms with van der Waals surface area (Å²) in [6.07, 6.45) is 2.12. The topological polar surface area (TPSA) is 104 Å². The van der Waals surface area contributed by atoms with Crippen LogP contribution in [0.15, 0.2) is 22.6 Å².